The van der Waals surface area contributed by atoms with Gasteiger partial charge in [0, 0.05) is 48.1 Å². The average molecular weight is 420 g/mol. The number of ketones is 1. The lowest BCUT2D eigenvalue weighted by atomic mass is 9.97. The summed E-state index contributed by atoms with van der Waals surface area (Å²) in [4.78, 5) is 25.8. The predicted octanol–water partition coefficient (Wildman–Crippen LogP) is 3.14. The van der Waals surface area contributed by atoms with Gasteiger partial charge in [-0.1, -0.05) is 11.6 Å². The van der Waals surface area contributed by atoms with Crippen LogP contribution < -0.4 is 14.2 Å². The van der Waals surface area contributed by atoms with Crippen LogP contribution in [0, 0.1) is 11.7 Å². The van der Waals surface area contributed by atoms with Crippen LogP contribution in [0.25, 0.3) is 0 Å². The van der Waals surface area contributed by atoms with Crippen molar-refractivity contribution < 1.29 is 28.2 Å². The lowest BCUT2D eigenvalue weighted by Gasteiger charge is -2.39. The summed E-state index contributed by atoms with van der Waals surface area (Å²) in [5.74, 6) is 0.429. The maximum atomic E-state index is 14.4. The number of likely N-dealkylation sites (tertiary alicyclic amines) is 1. The van der Waals surface area contributed by atoms with E-state index in [0.29, 0.717) is 47.5 Å². The van der Waals surface area contributed by atoms with Crippen LogP contribution in [0.1, 0.15) is 15.9 Å². The Bertz CT molecular complexity index is 974. The van der Waals surface area contributed by atoms with E-state index in [1.54, 1.807) is 23.1 Å². The van der Waals surface area contributed by atoms with Crippen molar-refractivity contribution in [3.63, 3.8) is 0 Å². The third-order valence-electron chi connectivity index (χ3n) is 5.00. The molecule has 0 radical (unpaired) electrons. The first-order valence-corrected chi connectivity index (χ1v) is 9.55. The first kappa shape index (κ1) is 19.5. The number of hydrogen-bond acceptors (Lipinski definition) is 5. The van der Waals surface area contributed by atoms with E-state index in [0.717, 1.165) is 0 Å². The zero-order chi connectivity index (χ0) is 20.5. The van der Waals surface area contributed by atoms with Crippen molar-refractivity contribution in [2.45, 2.75) is 6.42 Å². The molecule has 2 heterocycles. The van der Waals surface area contributed by atoms with Gasteiger partial charge in [-0.3, -0.25) is 9.59 Å². The Hall–Kier alpha value is -2.80. The van der Waals surface area contributed by atoms with Gasteiger partial charge < -0.3 is 19.1 Å². The van der Waals surface area contributed by atoms with Gasteiger partial charge in [-0.25, -0.2) is 4.39 Å². The minimum atomic E-state index is -0.645. The summed E-state index contributed by atoms with van der Waals surface area (Å²) in [6.45, 7) is 1.25. The summed E-state index contributed by atoms with van der Waals surface area (Å²) < 4.78 is 30.6. The second-order valence-electron chi connectivity index (χ2n) is 7.13. The third kappa shape index (κ3) is 4.00. The Morgan fingerprint density at radius 2 is 2.07 bits per heavy atom. The standard InChI is InChI=1S/C21H19ClFNO5/c1-27-20-6-14(22)2-3-18(20)28-10-12-8-24(9-12)21(26)16-5-13-4-15(25)11-29-19(13)7-17(16)23/h2-3,5-7,12H,4,8-11H2,1H3. The molecule has 0 aromatic heterocycles. The molecule has 1 amide bonds. The fourth-order valence-electron chi connectivity index (χ4n) is 3.44. The van der Waals surface area contributed by atoms with Crippen molar-refractivity contribution in [3.05, 3.63) is 52.3 Å². The number of ether oxygens (including phenoxy) is 3. The van der Waals surface area contributed by atoms with Gasteiger partial charge in [0.1, 0.15) is 18.2 Å². The van der Waals surface area contributed by atoms with Gasteiger partial charge >= 0.3 is 0 Å². The minimum Gasteiger partial charge on any atom is -0.493 e. The highest BCUT2D eigenvalue weighted by atomic mass is 35.5. The Kier molecular flexibility index (Phi) is 5.32. The molecule has 0 atom stereocenters. The molecule has 8 heteroatoms. The van der Waals surface area contributed by atoms with E-state index in [4.69, 9.17) is 25.8 Å². The third-order valence-corrected chi connectivity index (χ3v) is 5.24. The van der Waals surface area contributed by atoms with Crippen molar-refractivity contribution in [1.29, 1.82) is 0 Å². The molecule has 0 N–H and O–H groups in total. The van der Waals surface area contributed by atoms with Crippen LogP contribution in [0.15, 0.2) is 30.3 Å². The molecule has 1 fully saturated rings. The second-order valence-corrected chi connectivity index (χ2v) is 7.56. The van der Waals surface area contributed by atoms with Crippen LogP contribution in [0.3, 0.4) is 0 Å². The van der Waals surface area contributed by atoms with Crippen LogP contribution >= 0.6 is 11.6 Å². The Morgan fingerprint density at radius 3 is 2.83 bits per heavy atom. The molecule has 0 aliphatic carbocycles. The molecule has 2 aromatic carbocycles. The van der Waals surface area contributed by atoms with Gasteiger partial charge in [-0.15, -0.1) is 0 Å². The molecular formula is C21H19ClFNO5. The maximum absolute atomic E-state index is 14.4. The van der Waals surface area contributed by atoms with Crippen molar-refractivity contribution in [1.82, 2.24) is 4.90 Å². The molecule has 152 valence electrons. The number of benzene rings is 2. The number of carbonyl (C=O) groups excluding carboxylic acids is 2. The fraction of sp³-hybridized carbons (Fsp3) is 0.333. The van der Waals surface area contributed by atoms with E-state index in [1.807, 2.05) is 0 Å². The maximum Gasteiger partial charge on any atom is 0.256 e. The summed E-state index contributed by atoms with van der Waals surface area (Å²) >= 11 is 5.94. The summed E-state index contributed by atoms with van der Waals surface area (Å²) in [7, 11) is 1.54. The zero-order valence-electron chi connectivity index (χ0n) is 15.7. The second kappa shape index (κ2) is 7.91. The summed E-state index contributed by atoms with van der Waals surface area (Å²) in [5, 5.41) is 0.550. The monoisotopic (exact) mass is 419 g/mol. The predicted molar refractivity (Wildman–Crippen MR) is 103 cm³/mol. The van der Waals surface area contributed by atoms with Crippen LogP contribution in [0.5, 0.6) is 17.2 Å². The normalized spacial score (nSPS) is 16.0. The molecule has 0 unspecified atom stereocenters. The lowest BCUT2D eigenvalue weighted by Crippen LogP contribution is -2.52. The molecule has 4 rings (SSSR count). The first-order chi connectivity index (χ1) is 13.9. The molecule has 29 heavy (non-hydrogen) atoms. The number of amides is 1. The van der Waals surface area contributed by atoms with Gasteiger partial charge in [-0.05, 0) is 18.2 Å². The molecule has 2 aliphatic heterocycles. The number of fused-ring (bicyclic) bond motifs is 1. The number of carbonyl (C=O) groups is 2. The number of halogens is 2. The van der Waals surface area contributed by atoms with Crippen LogP contribution in [-0.4, -0.2) is 50.0 Å². The average Bonchev–Trinajstić information content (AvgIpc) is 2.67. The van der Waals surface area contributed by atoms with Crippen molar-refractivity contribution in [2.24, 2.45) is 5.92 Å². The topological polar surface area (TPSA) is 65.1 Å². The summed E-state index contributed by atoms with van der Waals surface area (Å²) in [6.07, 6.45) is 0.148. The van der Waals surface area contributed by atoms with Crippen LogP contribution in [-0.2, 0) is 11.2 Å². The van der Waals surface area contributed by atoms with Gasteiger partial charge in [0.05, 0.1) is 19.3 Å². The zero-order valence-corrected chi connectivity index (χ0v) is 16.5. The SMILES string of the molecule is COc1cc(Cl)ccc1OCC1CN(C(=O)c2cc3c(cc2F)OCC(=O)C3)C1. The fourth-order valence-corrected chi connectivity index (χ4v) is 3.60. The number of hydrogen-bond donors (Lipinski definition) is 0. The summed E-state index contributed by atoms with van der Waals surface area (Å²) in [5.41, 5.74) is 0.502. The smallest absolute Gasteiger partial charge is 0.256 e. The van der Waals surface area contributed by atoms with Crippen LogP contribution in [0.2, 0.25) is 5.02 Å². The number of Topliss-reactive ketones (excluding diaryl/α,β-unsaturated/α-hetero) is 1. The molecule has 2 aliphatic rings. The molecule has 6 nitrogen and oxygen atoms in total. The van der Waals surface area contributed by atoms with Crippen LogP contribution in [0.4, 0.5) is 4.39 Å². The minimum absolute atomic E-state index is 0.0409. The van der Waals surface area contributed by atoms with Gasteiger partial charge in [0.15, 0.2) is 17.3 Å². The van der Waals surface area contributed by atoms with Gasteiger partial charge in [0.2, 0.25) is 0 Å². The largest absolute Gasteiger partial charge is 0.493 e. The van der Waals surface area contributed by atoms with E-state index in [2.05, 4.69) is 0 Å². The highest BCUT2D eigenvalue weighted by Crippen LogP contribution is 2.32. The lowest BCUT2D eigenvalue weighted by molar-refractivity contribution is -0.121. The first-order valence-electron chi connectivity index (χ1n) is 9.17. The molecule has 0 saturated carbocycles. The highest BCUT2D eigenvalue weighted by Gasteiger charge is 2.34. The molecule has 0 spiro atoms. The molecule has 2 aromatic rings. The molecular weight excluding hydrogens is 401 g/mol. The van der Waals surface area contributed by atoms with E-state index in [1.165, 1.54) is 19.2 Å². The van der Waals surface area contributed by atoms with E-state index in [9.17, 15) is 14.0 Å². The molecule has 1 saturated heterocycles. The number of rotatable bonds is 5. The van der Waals surface area contributed by atoms with Crippen molar-refractivity contribution in [3.8, 4) is 17.2 Å². The molecule has 0 bridgehead atoms. The highest BCUT2D eigenvalue weighted by molar-refractivity contribution is 6.30. The number of nitrogens with zero attached hydrogens (tertiary/aromatic N) is 1. The van der Waals surface area contributed by atoms with Crippen molar-refractivity contribution >= 4 is 23.3 Å². The van der Waals surface area contributed by atoms with E-state index >= 15 is 0 Å². The van der Waals surface area contributed by atoms with E-state index < -0.39 is 11.7 Å². The van der Waals surface area contributed by atoms with Crippen molar-refractivity contribution in [2.75, 3.05) is 33.4 Å². The van der Waals surface area contributed by atoms with E-state index in [-0.39, 0.29) is 30.3 Å². The Balaban J connectivity index is 1.36. The van der Waals surface area contributed by atoms with Gasteiger partial charge in [-0.2, -0.15) is 0 Å². The quantitative estimate of drug-likeness (QED) is 0.745. The Morgan fingerprint density at radius 1 is 1.28 bits per heavy atom. The summed E-state index contributed by atoms with van der Waals surface area (Å²) in [6, 6.07) is 7.72. The Labute approximate surface area is 172 Å². The van der Waals surface area contributed by atoms with Gasteiger partial charge in [0.25, 0.3) is 5.91 Å². The number of methoxy groups -OCH3 is 1.